The van der Waals surface area contributed by atoms with Crippen LogP contribution in [0.2, 0.25) is 0 Å². The highest BCUT2D eigenvalue weighted by atomic mass is 15.1. The Hall–Kier alpha value is -0.800. The number of hydrogen-bond donors (Lipinski definition) is 1. The van der Waals surface area contributed by atoms with Crippen LogP contribution in [0, 0.1) is 0 Å². The molecule has 2 rings (SSSR count). The molecule has 0 fully saturated rings. The molecule has 3 nitrogen and oxygen atoms in total. The number of aryl methyl sites for hydroxylation is 1. The van der Waals surface area contributed by atoms with Crippen molar-refractivity contribution in [2.45, 2.75) is 45.7 Å². The summed E-state index contributed by atoms with van der Waals surface area (Å²) in [5, 5.41) is 0. The summed E-state index contributed by atoms with van der Waals surface area (Å²) in [6.07, 6.45) is 8.17. The van der Waals surface area contributed by atoms with E-state index in [4.69, 9.17) is 5.73 Å². The Labute approximate surface area is 105 Å². The van der Waals surface area contributed by atoms with Gasteiger partial charge in [-0.05, 0) is 43.5 Å². The van der Waals surface area contributed by atoms with Gasteiger partial charge in [-0.2, -0.15) is 0 Å². The summed E-state index contributed by atoms with van der Waals surface area (Å²) in [6.45, 7) is 8.94. The van der Waals surface area contributed by atoms with E-state index >= 15 is 0 Å². The zero-order chi connectivity index (χ0) is 12.3. The molecule has 0 spiro atoms. The van der Waals surface area contributed by atoms with Crippen LogP contribution in [0.25, 0.3) is 0 Å². The van der Waals surface area contributed by atoms with Gasteiger partial charge in [0, 0.05) is 31.5 Å². The van der Waals surface area contributed by atoms with Gasteiger partial charge in [-0.15, -0.1) is 0 Å². The maximum Gasteiger partial charge on any atom is 0.0347 e. The van der Waals surface area contributed by atoms with Crippen molar-refractivity contribution >= 4 is 0 Å². The average molecular weight is 235 g/mol. The van der Waals surface area contributed by atoms with Gasteiger partial charge >= 0.3 is 0 Å². The number of rotatable bonds is 5. The molecule has 1 aromatic rings. The highest BCUT2D eigenvalue weighted by Gasteiger charge is 2.18. The lowest BCUT2D eigenvalue weighted by molar-refractivity contribution is 0.290. The fraction of sp³-hybridized carbons (Fsp3) is 0.714. The van der Waals surface area contributed by atoms with Gasteiger partial charge in [-0.3, -0.25) is 0 Å². The van der Waals surface area contributed by atoms with Gasteiger partial charge in [0.2, 0.25) is 0 Å². The Morgan fingerprint density at radius 3 is 2.76 bits per heavy atom. The van der Waals surface area contributed by atoms with Gasteiger partial charge in [0.25, 0.3) is 0 Å². The van der Waals surface area contributed by atoms with Crippen molar-refractivity contribution < 1.29 is 0 Å². The third-order valence-electron chi connectivity index (χ3n) is 3.93. The van der Waals surface area contributed by atoms with Gasteiger partial charge < -0.3 is 15.2 Å². The summed E-state index contributed by atoms with van der Waals surface area (Å²) in [5.41, 5.74) is 9.00. The van der Waals surface area contributed by atoms with Crippen molar-refractivity contribution in [3.63, 3.8) is 0 Å². The second-order valence-corrected chi connectivity index (χ2v) is 5.00. The van der Waals surface area contributed by atoms with Gasteiger partial charge in [-0.25, -0.2) is 0 Å². The summed E-state index contributed by atoms with van der Waals surface area (Å²) >= 11 is 0. The van der Waals surface area contributed by atoms with Crippen molar-refractivity contribution in [1.82, 2.24) is 9.47 Å². The maximum absolute atomic E-state index is 6.14. The summed E-state index contributed by atoms with van der Waals surface area (Å²) in [4.78, 5) is 2.46. The minimum atomic E-state index is 0.272. The topological polar surface area (TPSA) is 34.2 Å². The molecule has 96 valence electrons. The van der Waals surface area contributed by atoms with Crippen molar-refractivity contribution in [2.75, 3.05) is 19.6 Å². The summed E-state index contributed by atoms with van der Waals surface area (Å²) in [6, 6.07) is 0.272. The van der Waals surface area contributed by atoms with Crippen molar-refractivity contribution in [2.24, 2.45) is 5.73 Å². The smallest absolute Gasteiger partial charge is 0.0347 e. The number of likely N-dealkylation sites (N-methyl/N-ethyl adjacent to an activating group) is 1. The number of aromatic nitrogens is 1. The van der Waals surface area contributed by atoms with Crippen LogP contribution in [-0.4, -0.2) is 29.1 Å². The molecule has 2 N–H and O–H groups in total. The van der Waals surface area contributed by atoms with Gasteiger partial charge in [0.05, 0.1) is 0 Å². The Bertz CT molecular complexity index is 352. The largest absolute Gasteiger partial charge is 0.352 e. The quantitative estimate of drug-likeness (QED) is 0.848. The molecule has 0 radical (unpaired) electrons. The fourth-order valence-electron chi connectivity index (χ4n) is 2.71. The average Bonchev–Trinajstić information content (AvgIpc) is 2.75. The first kappa shape index (κ1) is 12.7. The lowest BCUT2D eigenvalue weighted by Crippen LogP contribution is -2.26. The Morgan fingerprint density at radius 2 is 2.12 bits per heavy atom. The fourth-order valence-corrected chi connectivity index (χ4v) is 2.71. The van der Waals surface area contributed by atoms with Crippen molar-refractivity contribution in [3.8, 4) is 0 Å². The first-order valence-electron chi connectivity index (χ1n) is 6.91. The molecular weight excluding hydrogens is 210 g/mol. The van der Waals surface area contributed by atoms with E-state index in [0.717, 1.165) is 32.6 Å². The van der Waals surface area contributed by atoms with E-state index in [0.29, 0.717) is 0 Å². The number of fused-ring (bicyclic) bond motifs is 1. The van der Waals surface area contributed by atoms with E-state index in [1.54, 1.807) is 0 Å². The lowest BCUT2D eigenvalue weighted by Gasteiger charge is -2.18. The highest BCUT2D eigenvalue weighted by Crippen LogP contribution is 2.28. The predicted molar refractivity (Wildman–Crippen MR) is 72.1 cm³/mol. The molecule has 3 heteroatoms. The SMILES string of the molecule is CCN(CC)CCn1cc2c(c1)C(N)CCC2. The van der Waals surface area contributed by atoms with Crippen LogP contribution in [0.4, 0.5) is 0 Å². The van der Waals surface area contributed by atoms with E-state index in [1.165, 1.54) is 24.0 Å². The standard InChI is InChI=1S/C14H25N3/c1-3-16(4-2)8-9-17-10-12-6-5-7-14(15)13(12)11-17/h10-11,14H,3-9,15H2,1-2H3. The zero-order valence-electron chi connectivity index (χ0n) is 11.2. The van der Waals surface area contributed by atoms with Crippen LogP contribution < -0.4 is 5.73 Å². The molecule has 0 saturated heterocycles. The summed E-state index contributed by atoms with van der Waals surface area (Å²) < 4.78 is 2.33. The van der Waals surface area contributed by atoms with Crippen LogP contribution in [0.5, 0.6) is 0 Å². The van der Waals surface area contributed by atoms with Crippen LogP contribution >= 0.6 is 0 Å². The molecule has 1 aliphatic rings. The second kappa shape index (κ2) is 5.69. The third kappa shape index (κ3) is 2.90. The highest BCUT2D eigenvalue weighted by molar-refractivity contribution is 5.29. The molecule has 17 heavy (non-hydrogen) atoms. The molecule has 1 aromatic heterocycles. The zero-order valence-corrected chi connectivity index (χ0v) is 11.2. The van der Waals surface area contributed by atoms with Crippen LogP contribution in [0.1, 0.15) is 43.9 Å². The monoisotopic (exact) mass is 235 g/mol. The molecule has 0 aliphatic heterocycles. The van der Waals surface area contributed by atoms with Crippen molar-refractivity contribution in [1.29, 1.82) is 0 Å². The first-order chi connectivity index (χ1) is 8.24. The lowest BCUT2D eigenvalue weighted by atomic mass is 9.92. The van der Waals surface area contributed by atoms with Gasteiger partial charge in [-0.1, -0.05) is 13.8 Å². The molecular formula is C14H25N3. The van der Waals surface area contributed by atoms with Crippen molar-refractivity contribution in [3.05, 3.63) is 23.5 Å². The van der Waals surface area contributed by atoms with E-state index < -0.39 is 0 Å². The third-order valence-corrected chi connectivity index (χ3v) is 3.93. The van der Waals surface area contributed by atoms with Gasteiger partial charge in [0.15, 0.2) is 0 Å². The molecule has 1 atom stereocenters. The molecule has 1 aliphatic carbocycles. The van der Waals surface area contributed by atoms with E-state index in [1.807, 2.05) is 0 Å². The van der Waals surface area contributed by atoms with Crippen LogP contribution in [0.15, 0.2) is 12.4 Å². The van der Waals surface area contributed by atoms with Crippen LogP contribution in [-0.2, 0) is 13.0 Å². The minimum Gasteiger partial charge on any atom is -0.352 e. The summed E-state index contributed by atoms with van der Waals surface area (Å²) in [7, 11) is 0. The maximum atomic E-state index is 6.14. The predicted octanol–water partition coefficient (Wildman–Crippen LogP) is 2.17. The minimum absolute atomic E-state index is 0.272. The number of nitrogens with zero attached hydrogens (tertiary/aromatic N) is 2. The normalized spacial score (nSPS) is 19.6. The summed E-state index contributed by atoms with van der Waals surface area (Å²) in [5.74, 6) is 0. The Kier molecular flexibility index (Phi) is 4.24. The molecule has 1 heterocycles. The molecule has 0 bridgehead atoms. The molecule has 0 amide bonds. The van der Waals surface area contributed by atoms with E-state index in [-0.39, 0.29) is 6.04 Å². The van der Waals surface area contributed by atoms with Gasteiger partial charge in [0.1, 0.15) is 0 Å². The van der Waals surface area contributed by atoms with Crippen LogP contribution in [0.3, 0.4) is 0 Å². The second-order valence-electron chi connectivity index (χ2n) is 5.00. The molecule has 0 aromatic carbocycles. The Balaban J connectivity index is 1.98. The molecule has 1 unspecified atom stereocenters. The number of nitrogens with two attached hydrogens (primary N) is 1. The van der Waals surface area contributed by atoms with E-state index in [9.17, 15) is 0 Å². The molecule has 0 saturated carbocycles. The Morgan fingerprint density at radius 1 is 1.35 bits per heavy atom. The first-order valence-corrected chi connectivity index (χ1v) is 6.91. The number of hydrogen-bond acceptors (Lipinski definition) is 2. The van der Waals surface area contributed by atoms with E-state index in [2.05, 4.69) is 35.7 Å².